The number of anilines is 1. The van der Waals surface area contributed by atoms with Crippen LogP contribution in [0.5, 0.6) is 0 Å². The van der Waals surface area contributed by atoms with Crippen molar-refractivity contribution < 1.29 is 23.1 Å². The number of hydrogen-bond acceptors (Lipinski definition) is 7. The molecule has 0 radical (unpaired) electrons. The molecule has 4 rings (SSSR count). The number of carbonyl (C=O) groups is 1. The molecule has 36 heavy (non-hydrogen) atoms. The van der Waals surface area contributed by atoms with Crippen molar-refractivity contribution in [3.63, 3.8) is 0 Å². The van der Waals surface area contributed by atoms with Crippen molar-refractivity contribution >= 4 is 33.2 Å². The highest BCUT2D eigenvalue weighted by atomic mass is 35.5. The van der Waals surface area contributed by atoms with Crippen LogP contribution in [0.2, 0.25) is 5.02 Å². The molecule has 0 spiro atoms. The molecule has 2 aliphatic rings. The highest BCUT2D eigenvalue weighted by Gasteiger charge is 2.30. The minimum Gasteiger partial charge on any atom is -0.390 e. The number of aliphatic hydroxyl groups is 1. The van der Waals surface area contributed by atoms with Gasteiger partial charge in [0.1, 0.15) is 0 Å². The third-order valence-electron chi connectivity index (χ3n) is 7.40. The van der Waals surface area contributed by atoms with Crippen molar-refractivity contribution in [1.29, 1.82) is 0 Å². The number of halogens is 1. The molecule has 8 nitrogen and oxygen atoms in total. The van der Waals surface area contributed by atoms with Gasteiger partial charge in [0.2, 0.25) is 5.91 Å². The summed E-state index contributed by atoms with van der Waals surface area (Å²) in [6, 6.07) is 5.00. The second-order valence-electron chi connectivity index (χ2n) is 10.1. The number of rotatable bonds is 9. The quantitative estimate of drug-likeness (QED) is 0.491. The molecule has 2 heterocycles. The number of sulfone groups is 1. The summed E-state index contributed by atoms with van der Waals surface area (Å²) in [5.41, 5.74) is 0.920. The number of nitrogens with one attached hydrogen (secondary N) is 1. The molecule has 1 unspecified atom stereocenters. The first-order valence-electron chi connectivity index (χ1n) is 12.5. The van der Waals surface area contributed by atoms with Gasteiger partial charge < -0.3 is 15.2 Å². The second kappa shape index (κ2) is 11.5. The van der Waals surface area contributed by atoms with E-state index in [1.807, 2.05) is 0 Å². The van der Waals surface area contributed by atoms with E-state index in [-0.39, 0.29) is 28.2 Å². The SMILES string of the molecule is CS(=O)(=O)c1ccc(C(CC(=O)Nc2cnc(CCC3(O)CCOCC3)cn2)C2CCCC2)cc1Cl. The van der Waals surface area contributed by atoms with Crippen LogP contribution >= 0.6 is 11.6 Å². The van der Waals surface area contributed by atoms with E-state index in [1.54, 1.807) is 24.5 Å². The number of nitrogens with zero attached hydrogens (tertiary/aromatic N) is 2. The van der Waals surface area contributed by atoms with Gasteiger partial charge >= 0.3 is 0 Å². The Morgan fingerprint density at radius 1 is 1.22 bits per heavy atom. The molecule has 196 valence electrons. The zero-order valence-corrected chi connectivity index (χ0v) is 22.2. The summed E-state index contributed by atoms with van der Waals surface area (Å²) in [5.74, 6) is 0.476. The van der Waals surface area contributed by atoms with E-state index in [9.17, 15) is 18.3 Å². The van der Waals surface area contributed by atoms with Crippen molar-refractivity contribution in [3.05, 3.63) is 46.9 Å². The standard InChI is InChI=1S/C26H34ClN3O5S/c1-36(33,34)23-7-6-19(14-22(23)27)21(18-4-2-3-5-18)15-25(31)30-24-17-28-20(16-29-24)8-9-26(32)10-12-35-13-11-26/h6-7,14,16-18,21,32H,2-5,8-13,15H2,1H3,(H,29,30,31). The van der Waals surface area contributed by atoms with Crippen molar-refractivity contribution in [2.24, 2.45) is 5.92 Å². The van der Waals surface area contributed by atoms with Gasteiger partial charge in [0.05, 0.1) is 33.6 Å². The van der Waals surface area contributed by atoms with Crippen LogP contribution in [0.4, 0.5) is 5.82 Å². The molecule has 1 saturated heterocycles. The van der Waals surface area contributed by atoms with Crippen molar-refractivity contribution in [1.82, 2.24) is 9.97 Å². The van der Waals surface area contributed by atoms with Crippen LogP contribution in [0.3, 0.4) is 0 Å². The molecule has 1 amide bonds. The molecule has 1 aliphatic carbocycles. The molecule has 0 bridgehead atoms. The number of ether oxygens (including phenoxy) is 1. The Kier molecular flexibility index (Phi) is 8.65. The fourth-order valence-electron chi connectivity index (χ4n) is 5.27. The zero-order chi connectivity index (χ0) is 25.8. The lowest BCUT2D eigenvalue weighted by atomic mass is 9.82. The molecular formula is C26H34ClN3O5S. The molecular weight excluding hydrogens is 502 g/mol. The van der Waals surface area contributed by atoms with E-state index in [4.69, 9.17) is 16.3 Å². The normalized spacial score (nSPS) is 19.2. The maximum absolute atomic E-state index is 13.0. The predicted octanol–water partition coefficient (Wildman–Crippen LogP) is 4.31. The average Bonchev–Trinajstić information content (AvgIpc) is 3.36. The molecule has 1 atom stereocenters. The Hall–Kier alpha value is -2.07. The van der Waals surface area contributed by atoms with Crippen LogP contribution in [0, 0.1) is 5.92 Å². The maximum Gasteiger partial charge on any atom is 0.226 e. The van der Waals surface area contributed by atoms with Gasteiger partial charge in [-0.05, 0) is 68.1 Å². The van der Waals surface area contributed by atoms with E-state index in [0.717, 1.165) is 43.2 Å². The molecule has 1 aliphatic heterocycles. The van der Waals surface area contributed by atoms with E-state index >= 15 is 0 Å². The van der Waals surface area contributed by atoms with Gasteiger partial charge in [-0.1, -0.05) is 30.5 Å². The van der Waals surface area contributed by atoms with Crippen molar-refractivity contribution in [2.75, 3.05) is 24.8 Å². The molecule has 2 aromatic rings. The van der Waals surface area contributed by atoms with Gasteiger partial charge in [0.15, 0.2) is 15.7 Å². The van der Waals surface area contributed by atoms with Crippen molar-refractivity contribution in [2.45, 2.75) is 74.2 Å². The van der Waals surface area contributed by atoms with Crippen LogP contribution in [0.25, 0.3) is 0 Å². The third kappa shape index (κ3) is 7.03. The molecule has 1 aromatic carbocycles. The lowest BCUT2D eigenvalue weighted by molar-refractivity contribution is -0.116. The van der Waals surface area contributed by atoms with E-state index < -0.39 is 15.4 Å². The fourth-order valence-corrected chi connectivity index (χ4v) is 6.61. The Balaban J connectivity index is 1.39. The minimum absolute atomic E-state index is 0.0638. The highest BCUT2D eigenvalue weighted by Crippen LogP contribution is 2.41. The van der Waals surface area contributed by atoms with Crippen molar-refractivity contribution in [3.8, 4) is 0 Å². The molecule has 2 N–H and O–H groups in total. The van der Waals surface area contributed by atoms with Gasteiger partial charge in [0, 0.05) is 25.9 Å². The van der Waals surface area contributed by atoms with Gasteiger partial charge in [-0.25, -0.2) is 13.4 Å². The van der Waals surface area contributed by atoms with Gasteiger partial charge in [-0.3, -0.25) is 9.78 Å². The van der Waals surface area contributed by atoms with Crippen LogP contribution in [0.1, 0.15) is 68.5 Å². The average molecular weight is 536 g/mol. The van der Waals surface area contributed by atoms with E-state index in [0.29, 0.717) is 50.6 Å². The smallest absolute Gasteiger partial charge is 0.226 e. The van der Waals surface area contributed by atoms with E-state index in [1.165, 1.54) is 6.07 Å². The number of aromatic nitrogens is 2. The predicted molar refractivity (Wildman–Crippen MR) is 138 cm³/mol. The summed E-state index contributed by atoms with van der Waals surface area (Å²) >= 11 is 6.31. The summed E-state index contributed by atoms with van der Waals surface area (Å²) in [5, 5.41) is 13.7. The number of hydrogen-bond donors (Lipinski definition) is 2. The number of benzene rings is 1. The first-order chi connectivity index (χ1) is 17.1. The maximum atomic E-state index is 13.0. The first-order valence-corrected chi connectivity index (χ1v) is 14.8. The van der Waals surface area contributed by atoms with E-state index in [2.05, 4.69) is 15.3 Å². The van der Waals surface area contributed by atoms with Gasteiger partial charge in [0.25, 0.3) is 0 Å². The van der Waals surface area contributed by atoms with Crippen LogP contribution in [-0.2, 0) is 25.8 Å². The lowest BCUT2D eigenvalue weighted by Crippen LogP contribution is -2.36. The Bertz CT molecular complexity index is 1160. The van der Waals surface area contributed by atoms with Gasteiger partial charge in [-0.15, -0.1) is 0 Å². The Morgan fingerprint density at radius 3 is 2.56 bits per heavy atom. The molecule has 10 heteroatoms. The zero-order valence-electron chi connectivity index (χ0n) is 20.6. The molecule has 2 fully saturated rings. The second-order valence-corrected chi connectivity index (χ2v) is 12.5. The summed E-state index contributed by atoms with van der Waals surface area (Å²) in [4.78, 5) is 21.8. The van der Waals surface area contributed by atoms with Crippen LogP contribution < -0.4 is 5.32 Å². The van der Waals surface area contributed by atoms with Crippen LogP contribution in [-0.4, -0.2) is 54.5 Å². The first kappa shape index (κ1) is 27.0. The molecule has 1 saturated carbocycles. The highest BCUT2D eigenvalue weighted by molar-refractivity contribution is 7.90. The number of carbonyl (C=O) groups excluding carboxylic acids is 1. The Morgan fingerprint density at radius 2 is 1.94 bits per heavy atom. The number of amides is 1. The molecule has 1 aromatic heterocycles. The third-order valence-corrected chi connectivity index (χ3v) is 8.98. The van der Waals surface area contributed by atoms with Gasteiger partial charge in [-0.2, -0.15) is 0 Å². The topological polar surface area (TPSA) is 118 Å². The summed E-state index contributed by atoms with van der Waals surface area (Å²) in [7, 11) is -3.42. The summed E-state index contributed by atoms with van der Waals surface area (Å²) < 4.78 is 29.2. The lowest BCUT2D eigenvalue weighted by Gasteiger charge is -2.31. The number of aryl methyl sites for hydroxylation is 1. The fraction of sp³-hybridized carbons (Fsp3) is 0.577. The largest absolute Gasteiger partial charge is 0.390 e. The van der Waals surface area contributed by atoms with Crippen LogP contribution in [0.15, 0.2) is 35.5 Å². The monoisotopic (exact) mass is 535 g/mol. The summed E-state index contributed by atoms with van der Waals surface area (Å²) in [6.07, 6.45) is 11.3. The summed E-state index contributed by atoms with van der Waals surface area (Å²) in [6.45, 7) is 1.14. The minimum atomic E-state index is -3.42. The Labute approximate surface area is 217 Å².